The fraction of sp³-hybridized carbons (Fsp3) is 0.455. The third-order valence-corrected chi connectivity index (χ3v) is 2.38. The average Bonchev–Trinajstić information content (AvgIpc) is 2.18. The van der Waals surface area contributed by atoms with Crippen LogP contribution in [0.25, 0.3) is 0 Å². The standard InChI is InChI=1S/C11H16N2O2/c1-7(2)8(3)13-10-6-9(11(14)15)4-5-12-10/h4-8H,1-3H3,(H,12,13)(H,14,15). The van der Waals surface area contributed by atoms with E-state index in [-0.39, 0.29) is 11.6 Å². The van der Waals surface area contributed by atoms with Gasteiger partial charge in [0.05, 0.1) is 5.56 Å². The number of aromatic nitrogens is 1. The monoisotopic (exact) mass is 208 g/mol. The van der Waals surface area contributed by atoms with E-state index < -0.39 is 5.97 Å². The van der Waals surface area contributed by atoms with E-state index in [4.69, 9.17) is 5.11 Å². The summed E-state index contributed by atoms with van der Waals surface area (Å²) in [4.78, 5) is 14.8. The maximum Gasteiger partial charge on any atom is 0.335 e. The molecule has 1 unspecified atom stereocenters. The first-order valence-electron chi connectivity index (χ1n) is 4.96. The van der Waals surface area contributed by atoms with Gasteiger partial charge in [0.15, 0.2) is 0 Å². The molecule has 0 fully saturated rings. The lowest BCUT2D eigenvalue weighted by molar-refractivity contribution is 0.0697. The van der Waals surface area contributed by atoms with E-state index in [1.165, 1.54) is 12.3 Å². The number of nitrogens with one attached hydrogen (secondary N) is 1. The second-order valence-corrected chi connectivity index (χ2v) is 3.91. The Labute approximate surface area is 89.3 Å². The molecule has 1 aromatic heterocycles. The van der Waals surface area contributed by atoms with Crippen LogP contribution in [0.1, 0.15) is 31.1 Å². The van der Waals surface area contributed by atoms with Crippen molar-refractivity contribution in [2.75, 3.05) is 5.32 Å². The van der Waals surface area contributed by atoms with Crippen molar-refractivity contribution in [3.05, 3.63) is 23.9 Å². The summed E-state index contributed by atoms with van der Waals surface area (Å²) in [5, 5.41) is 12.0. The number of hydrogen-bond donors (Lipinski definition) is 2. The largest absolute Gasteiger partial charge is 0.478 e. The van der Waals surface area contributed by atoms with Crippen molar-refractivity contribution < 1.29 is 9.90 Å². The number of aromatic carboxylic acids is 1. The number of carbonyl (C=O) groups is 1. The summed E-state index contributed by atoms with van der Waals surface area (Å²) in [6.07, 6.45) is 1.50. The smallest absolute Gasteiger partial charge is 0.335 e. The highest BCUT2D eigenvalue weighted by Gasteiger charge is 2.09. The summed E-state index contributed by atoms with van der Waals surface area (Å²) >= 11 is 0. The van der Waals surface area contributed by atoms with Gasteiger partial charge in [-0.1, -0.05) is 13.8 Å². The van der Waals surface area contributed by atoms with Crippen molar-refractivity contribution in [2.45, 2.75) is 26.8 Å². The molecular weight excluding hydrogens is 192 g/mol. The Kier molecular flexibility index (Phi) is 3.66. The van der Waals surface area contributed by atoms with Crippen LogP contribution in [0.3, 0.4) is 0 Å². The van der Waals surface area contributed by atoms with E-state index in [1.54, 1.807) is 6.07 Å². The van der Waals surface area contributed by atoms with Crippen molar-refractivity contribution in [1.82, 2.24) is 4.98 Å². The van der Waals surface area contributed by atoms with Crippen LogP contribution in [0.5, 0.6) is 0 Å². The average molecular weight is 208 g/mol. The highest BCUT2D eigenvalue weighted by Crippen LogP contribution is 2.11. The third-order valence-electron chi connectivity index (χ3n) is 2.38. The molecule has 4 nitrogen and oxygen atoms in total. The number of anilines is 1. The van der Waals surface area contributed by atoms with E-state index >= 15 is 0 Å². The molecule has 0 aromatic carbocycles. The van der Waals surface area contributed by atoms with Crippen molar-refractivity contribution in [1.29, 1.82) is 0 Å². The van der Waals surface area contributed by atoms with Crippen LogP contribution in [0.4, 0.5) is 5.82 Å². The van der Waals surface area contributed by atoms with E-state index in [0.717, 1.165) is 0 Å². The predicted octanol–water partition coefficient (Wildman–Crippen LogP) is 2.24. The van der Waals surface area contributed by atoms with E-state index in [0.29, 0.717) is 11.7 Å². The molecule has 1 atom stereocenters. The Bertz CT molecular complexity index is 350. The number of carboxylic acids is 1. The Balaban J connectivity index is 2.78. The normalized spacial score (nSPS) is 12.5. The zero-order valence-corrected chi connectivity index (χ0v) is 9.19. The minimum Gasteiger partial charge on any atom is -0.478 e. The Morgan fingerprint density at radius 2 is 2.13 bits per heavy atom. The maximum absolute atomic E-state index is 10.7. The molecule has 0 aliphatic carbocycles. The molecule has 82 valence electrons. The van der Waals surface area contributed by atoms with Gasteiger partial charge < -0.3 is 10.4 Å². The molecule has 1 heterocycles. The number of pyridine rings is 1. The van der Waals surface area contributed by atoms with E-state index in [2.05, 4.69) is 24.1 Å². The Morgan fingerprint density at radius 1 is 1.47 bits per heavy atom. The summed E-state index contributed by atoms with van der Waals surface area (Å²) in [7, 11) is 0. The lowest BCUT2D eigenvalue weighted by Crippen LogP contribution is -2.22. The third kappa shape index (κ3) is 3.23. The summed E-state index contributed by atoms with van der Waals surface area (Å²) in [5.74, 6) is 0.147. The highest BCUT2D eigenvalue weighted by molar-refractivity contribution is 5.88. The van der Waals surface area contributed by atoms with Gasteiger partial charge >= 0.3 is 5.97 Å². The van der Waals surface area contributed by atoms with E-state index in [1.807, 2.05) is 6.92 Å². The van der Waals surface area contributed by atoms with Crippen LogP contribution in [-0.2, 0) is 0 Å². The van der Waals surface area contributed by atoms with Gasteiger partial charge in [-0.3, -0.25) is 0 Å². The zero-order chi connectivity index (χ0) is 11.4. The summed E-state index contributed by atoms with van der Waals surface area (Å²) in [6, 6.07) is 3.29. The lowest BCUT2D eigenvalue weighted by Gasteiger charge is -2.17. The first-order chi connectivity index (χ1) is 7.00. The van der Waals surface area contributed by atoms with Crippen molar-refractivity contribution >= 4 is 11.8 Å². The molecule has 1 rings (SSSR count). The van der Waals surface area contributed by atoms with Gasteiger partial charge in [-0.25, -0.2) is 9.78 Å². The second-order valence-electron chi connectivity index (χ2n) is 3.91. The number of nitrogens with zero attached hydrogens (tertiary/aromatic N) is 1. The number of hydrogen-bond acceptors (Lipinski definition) is 3. The van der Waals surface area contributed by atoms with Gasteiger partial charge in [0, 0.05) is 12.2 Å². The second kappa shape index (κ2) is 4.77. The first kappa shape index (κ1) is 11.5. The molecule has 0 spiro atoms. The number of rotatable bonds is 4. The molecular formula is C11H16N2O2. The van der Waals surface area contributed by atoms with Gasteiger partial charge in [0.25, 0.3) is 0 Å². The van der Waals surface area contributed by atoms with Gasteiger partial charge in [0.2, 0.25) is 0 Å². The van der Waals surface area contributed by atoms with E-state index in [9.17, 15) is 4.79 Å². The van der Waals surface area contributed by atoms with Gasteiger partial charge in [-0.15, -0.1) is 0 Å². The molecule has 0 amide bonds. The first-order valence-corrected chi connectivity index (χ1v) is 4.96. The molecule has 0 saturated carbocycles. The molecule has 0 aliphatic rings. The fourth-order valence-electron chi connectivity index (χ4n) is 1.04. The SMILES string of the molecule is CC(C)C(C)Nc1cc(C(=O)O)ccn1. The van der Waals surface area contributed by atoms with Crippen LogP contribution in [0, 0.1) is 5.92 Å². The Morgan fingerprint density at radius 3 is 2.67 bits per heavy atom. The predicted molar refractivity (Wildman–Crippen MR) is 59.1 cm³/mol. The van der Waals surface area contributed by atoms with Gasteiger partial charge in [-0.2, -0.15) is 0 Å². The quantitative estimate of drug-likeness (QED) is 0.796. The molecule has 1 aromatic rings. The van der Waals surface area contributed by atoms with Crippen LogP contribution in [0.2, 0.25) is 0 Å². The van der Waals surface area contributed by atoms with Gasteiger partial charge in [-0.05, 0) is 25.0 Å². The zero-order valence-electron chi connectivity index (χ0n) is 9.19. The summed E-state index contributed by atoms with van der Waals surface area (Å²) < 4.78 is 0. The van der Waals surface area contributed by atoms with Crippen LogP contribution in [-0.4, -0.2) is 22.1 Å². The fourth-order valence-corrected chi connectivity index (χ4v) is 1.04. The van der Waals surface area contributed by atoms with Crippen molar-refractivity contribution in [3.63, 3.8) is 0 Å². The molecule has 2 N–H and O–H groups in total. The highest BCUT2D eigenvalue weighted by atomic mass is 16.4. The number of carboxylic acid groups (broad SMARTS) is 1. The van der Waals surface area contributed by atoms with Crippen molar-refractivity contribution in [3.8, 4) is 0 Å². The van der Waals surface area contributed by atoms with Crippen molar-refractivity contribution in [2.24, 2.45) is 5.92 Å². The molecule has 0 aliphatic heterocycles. The van der Waals surface area contributed by atoms with Gasteiger partial charge in [0.1, 0.15) is 5.82 Å². The summed E-state index contributed by atoms with van der Waals surface area (Å²) in [5.41, 5.74) is 0.253. The molecule has 4 heteroatoms. The van der Waals surface area contributed by atoms with Crippen LogP contribution >= 0.6 is 0 Å². The lowest BCUT2D eigenvalue weighted by atomic mass is 10.1. The molecule has 15 heavy (non-hydrogen) atoms. The maximum atomic E-state index is 10.7. The Hall–Kier alpha value is -1.58. The summed E-state index contributed by atoms with van der Waals surface area (Å²) in [6.45, 7) is 6.23. The molecule has 0 saturated heterocycles. The minimum atomic E-state index is -0.933. The molecule has 0 bridgehead atoms. The topological polar surface area (TPSA) is 62.2 Å². The van der Waals surface area contributed by atoms with Crippen LogP contribution < -0.4 is 5.32 Å². The molecule has 0 radical (unpaired) electrons. The van der Waals surface area contributed by atoms with Crippen LogP contribution in [0.15, 0.2) is 18.3 Å². The minimum absolute atomic E-state index is 0.253.